The van der Waals surface area contributed by atoms with Crippen molar-refractivity contribution in [2.24, 2.45) is 5.73 Å². The number of hydrogen-bond donors (Lipinski definition) is 1. The first-order valence-electron chi connectivity index (χ1n) is 4.99. The average Bonchev–Trinajstić information content (AvgIpc) is 2.27. The van der Waals surface area contributed by atoms with Crippen molar-refractivity contribution in [3.63, 3.8) is 0 Å². The molecule has 1 atom stereocenters. The lowest BCUT2D eigenvalue weighted by atomic mass is 10.1. The number of nitriles is 1. The molecule has 0 aliphatic carbocycles. The third-order valence-electron chi connectivity index (χ3n) is 2.13. The zero-order chi connectivity index (χ0) is 11.3. The molecule has 0 saturated carbocycles. The van der Waals surface area contributed by atoms with Gasteiger partial charge in [-0.25, -0.2) is 0 Å². The van der Waals surface area contributed by atoms with E-state index in [2.05, 4.69) is 6.92 Å². The molecule has 0 fully saturated rings. The second kappa shape index (κ2) is 4.81. The molecule has 0 spiro atoms. The van der Waals surface area contributed by atoms with Gasteiger partial charge in [-0.3, -0.25) is 0 Å². The van der Waals surface area contributed by atoms with Crippen molar-refractivity contribution < 1.29 is 4.74 Å². The third kappa shape index (κ3) is 3.61. The molecule has 0 aliphatic rings. The second-order valence-electron chi connectivity index (χ2n) is 3.82. The van der Waals surface area contributed by atoms with E-state index >= 15 is 0 Å². The van der Waals surface area contributed by atoms with Crippen LogP contribution in [0.5, 0.6) is 5.75 Å². The maximum Gasteiger partial charge on any atom is 0.135 e. The van der Waals surface area contributed by atoms with Crippen LogP contribution >= 0.6 is 0 Å². The zero-order valence-corrected chi connectivity index (χ0v) is 9.16. The lowest BCUT2D eigenvalue weighted by Crippen LogP contribution is -2.40. The number of benzene rings is 1. The number of hydrogen-bond acceptors (Lipinski definition) is 3. The summed E-state index contributed by atoms with van der Waals surface area (Å²) in [6.45, 7) is 3.95. The van der Waals surface area contributed by atoms with Crippen molar-refractivity contribution in [3.8, 4) is 11.8 Å². The van der Waals surface area contributed by atoms with E-state index < -0.39 is 5.54 Å². The highest BCUT2D eigenvalue weighted by Gasteiger charge is 2.17. The Morgan fingerprint density at radius 3 is 2.47 bits per heavy atom. The summed E-state index contributed by atoms with van der Waals surface area (Å²) in [6.07, 6.45) is 1.01. The smallest absolute Gasteiger partial charge is 0.135 e. The Bertz CT molecular complexity index is 349. The van der Waals surface area contributed by atoms with Crippen molar-refractivity contribution in [1.29, 1.82) is 5.26 Å². The van der Waals surface area contributed by atoms with Gasteiger partial charge < -0.3 is 10.5 Å². The molecule has 80 valence electrons. The van der Waals surface area contributed by atoms with E-state index in [-0.39, 0.29) is 6.61 Å². The van der Waals surface area contributed by atoms with Gasteiger partial charge in [-0.2, -0.15) is 5.26 Å². The molecule has 0 amide bonds. The highest BCUT2D eigenvalue weighted by Crippen LogP contribution is 2.13. The van der Waals surface area contributed by atoms with E-state index in [1.54, 1.807) is 6.92 Å². The Kier molecular flexibility index (Phi) is 3.70. The van der Waals surface area contributed by atoms with E-state index in [9.17, 15) is 0 Å². The van der Waals surface area contributed by atoms with E-state index in [0.29, 0.717) is 0 Å². The quantitative estimate of drug-likeness (QED) is 0.814. The van der Waals surface area contributed by atoms with Crippen molar-refractivity contribution in [3.05, 3.63) is 29.8 Å². The highest BCUT2D eigenvalue weighted by atomic mass is 16.5. The minimum atomic E-state index is -0.927. The van der Waals surface area contributed by atoms with E-state index in [1.165, 1.54) is 5.56 Å². The van der Waals surface area contributed by atoms with Gasteiger partial charge in [-0.1, -0.05) is 19.1 Å². The summed E-state index contributed by atoms with van der Waals surface area (Å²) in [5, 5.41) is 8.70. The molecule has 0 radical (unpaired) electrons. The topological polar surface area (TPSA) is 59.0 Å². The molecule has 0 bridgehead atoms. The SMILES string of the molecule is CCc1ccc(OCC(C)(N)C#N)cc1. The van der Waals surface area contributed by atoms with Gasteiger partial charge in [-0.15, -0.1) is 0 Å². The predicted molar refractivity (Wildman–Crippen MR) is 59.5 cm³/mol. The molecule has 3 nitrogen and oxygen atoms in total. The standard InChI is InChI=1S/C12H16N2O/c1-3-10-4-6-11(7-5-10)15-9-12(2,14)8-13/h4-7H,3,9,14H2,1-2H3. The fraction of sp³-hybridized carbons (Fsp3) is 0.417. The van der Waals surface area contributed by atoms with Crippen molar-refractivity contribution in [1.82, 2.24) is 0 Å². The van der Waals surface area contributed by atoms with Crippen LogP contribution in [0.3, 0.4) is 0 Å². The lowest BCUT2D eigenvalue weighted by Gasteiger charge is -2.16. The largest absolute Gasteiger partial charge is 0.491 e. The van der Waals surface area contributed by atoms with Crippen LogP contribution in [0.15, 0.2) is 24.3 Å². The monoisotopic (exact) mass is 204 g/mol. The summed E-state index contributed by atoms with van der Waals surface area (Å²) in [5.41, 5.74) is 5.97. The predicted octanol–water partition coefficient (Wildman–Crippen LogP) is 1.87. The van der Waals surface area contributed by atoms with Crippen LogP contribution < -0.4 is 10.5 Å². The zero-order valence-electron chi connectivity index (χ0n) is 9.16. The molecule has 15 heavy (non-hydrogen) atoms. The van der Waals surface area contributed by atoms with Crippen LogP contribution in [0.4, 0.5) is 0 Å². The van der Waals surface area contributed by atoms with Gasteiger partial charge >= 0.3 is 0 Å². The minimum Gasteiger partial charge on any atom is -0.491 e. The lowest BCUT2D eigenvalue weighted by molar-refractivity contribution is 0.264. The van der Waals surface area contributed by atoms with Gasteiger partial charge in [0.1, 0.15) is 17.9 Å². The first-order chi connectivity index (χ1) is 7.07. The van der Waals surface area contributed by atoms with E-state index in [0.717, 1.165) is 12.2 Å². The van der Waals surface area contributed by atoms with Crippen LogP contribution in [-0.4, -0.2) is 12.1 Å². The van der Waals surface area contributed by atoms with Gasteiger partial charge in [0.25, 0.3) is 0 Å². The van der Waals surface area contributed by atoms with Gasteiger partial charge in [0, 0.05) is 0 Å². The molecule has 1 unspecified atom stereocenters. The molecule has 0 aliphatic heterocycles. The Balaban J connectivity index is 2.56. The molecular formula is C12H16N2O. The van der Waals surface area contributed by atoms with Crippen LogP contribution in [-0.2, 0) is 6.42 Å². The third-order valence-corrected chi connectivity index (χ3v) is 2.13. The average molecular weight is 204 g/mol. The van der Waals surface area contributed by atoms with Crippen molar-refractivity contribution in [2.75, 3.05) is 6.61 Å². The molecule has 0 aromatic heterocycles. The first-order valence-corrected chi connectivity index (χ1v) is 4.99. The number of ether oxygens (including phenoxy) is 1. The fourth-order valence-corrected chi connectivity index (χ4v) is 1.09. The molecule has 1 rings (SSSR count). The summed E-state index contributed by atoms with van der Waals surface area (Å²) in [4.78, 5) is 0. The first kappa shape index (κ1) is 11.5. The number of nitrogens with two attached hydrogens (primary N) is 1. The Morgan fingerprint density at radius 2 is 2.00 bits per heavy atom. The molecule has 3 heteroatoms. The molecule has 0 saturated heterocycles. The highest BCUT2D eigenvalue weighted by molar-refractivity contribution is 5.27. The van der Waals surface area contributed by atoms with Crippen LogP contribution in [0.2, 0.25) is 0 Å². The Morgan fingerprint density at radius 1 is 1.40 bits per heavy atom. The molecular weight excluding hydrogens is 188 g/mol. The van der Waals surface area contributed by atoms with Crippen molar-refractivity contribution in [2.45, 2.75) is 25.8 Å². The number of nitrogens with zero attached hydrogens (tertiary/aromatic N) is 1. The molecule has 0 heterocycles. The number of aryl methyl sites for hydroxylation is 1. The van der Waals surface area contributed by atoms with E-state index in [4.69, 9.17) is 15.7 Å². The van der Waals surface area contributed by atoms with E-state index in [1.807, 2.05) is 30.3 Å². The van der Waals surface area contributed by atoms with Crippen LogP contribution in [0, 0.1) is 11.3 Å². The normalized spacial score (nSPS) is 14.0. The minimum absolute atomic E-state index is 0.203. The fourth-order valence-electron chi connectivity index (χ4n) is 1.09. The van der Waals surface area contributed by atoms with Gasteiger partial charge in [0.15, 0.2) is 0 Å². The molecule has 1 aromatic carbocycles. The summed E-state index contributed by atoms with van der Waals surface area (Å²) in [6, 6.07) is 9.80. The Labute approximate surface area is 90.5 Å². The summed E-state index contributed by atoms with van der Waals surface area (Å²) in [7, 11) is 0. The molecule has 2 N–H and O–H groups in total. The number of rotatable bonds is 4. The summed E-state index contributed by atoms with van der Waals surface area (Å²) < 4.78 is 5.41. The summed E-state index contributed by atoms with van der Waals surface area (Å²) >= 11 is 0. The maximum absolute atomic E-state index is 8.70. The Hall–Kier alpha value is -1.53. The van der Waals surface area contributed by atoms with Gasteiger partial charge in [0.05, 0.1) is 6.07 Å². The van der Waals surface area contributed by atoms with Gasteiger partial charge in [-0.05, 0) is 31.0 Å². The van der Waals surface area contributed by atoms with Crippen LogP contribution in [0.25, 0.3) is 0 Å². The maximum atomic E-state index is 8.70. The summed E-state index contributed by atoms with van der Waals surface area (Å²) in [5.74, 6) is 0.749. The second-order valence-corrected chi connectivity index (χ2v) is 3.82. The molecule has 1 aromatic rings. The van der Waals surface area contributed by atoms with Gasteiger partial charge in [0.2, 0.25) is 0 Å². The van der Waals surface area contributed by atoms with Crippen molar-refractivity contribution >= 4 is 0 Å². The van der Waals surface area contributed by atoms with Crippen LogP contribution in [0.1, 0.15) is 19.4 Å².